The van der Waals surface area contributed by atoms with Crippen molar-refractivity contribution >= 4 is 23.3 Å². The van der Waals surface area contributed by atoms with Crippen LogP contribution in [0.25, 0.3) is 0 Å². The van der Waals surface area contributed by atoms with Crippen molar-refractivity contribution in [3.8, 4) is 10.9 Å². The van der Waals surface area contributed by atoms with Crippen molar-refractivity contribution in [2.75, 3.05) is 13.1 Å². The lowest BCUT2D eigenvalue weighted by atomic mass is 10.2. The van der Waals surface area contributed by atoms with Crippen molar-refractivity contribution in [1.82, 2.24) is 15.6 Å². The fourth-order valence-electron chi connectivity index (χ4n) is 1.93. The molecule has 2 aromatic rings. The Hall–Kier alpha value is -2.61. The van der Waals surface area contributed by atoms with Crippen LogP contribution < -0.4 is 15.4 Å². The molecule has 0 atom stereocenters. The molecule has 8 heteroatoms. The number of rotatable bonds is 7. The Morgan fingerprint density at radius 2 is 1.81 bits per heavy atom. The van der Waals surface area contributed by atoms with Gasteiger partial charge in [-0.3, -0.25) is 4.79 Å². The molecule has 0 spiro atoms. The van der Waals surface area contributed by atoms with Gasteiger partial charge in [-0.25, -0.2) is 9.78 Å². The van der Waals surface area contributed by atoms with E-state index in [-0.39, 0.29) is 5.91 Å². The number of nitrogens with one attached hydrogen (secondary N) is 2. The van der Waals surface area contributed by atoms with E-state index in [1.54, 1.807) is 51.2 Å². The lowest BCUT2D eigenvalue weighted by Gasteiger charge is -2.19. The zero-order valence-electron chi connectivity index (χ0n) is 15.1. The minimum Gasteiger partial charge on any atom is -0.444 e. The van der Waals surface area contributed by atoms with Crippen molar-refractivity contribution in [1.29, 1.82) is 0 Å². The maximum atomic E-state index is 12.1. The van der Waals surface area contributed by atoms with E-state index in [0.717, 1.165) is 0 Å². The lowest BCUT2D eigenvalue weighted by Crippen LogP contribution is -2.34. The third kappa shape index (κ3) is 7.10. The first-order valence-electron chi connectivity index (χ1n) is 8.26. The number of amides is 2. The molecule has 0 aliphatic rings. The highest BCUT2D eigenvalue weighted by Crippen LogP contribution is 2.23. The molecule has 2 amide bonds. The van der Waals surface area contributed by atoms with Crippen molar-refractivity contribution < 1.29 is 19.1 Å². The van der Waals surface area contributed by atoms with Crippen LogP contribution in [-0.2, 0) is 4.74 Å². The predicted octanol–water partition coefficient (Wildman–Crippen LogP) is 3.58. The number of thiazole rings is 1. The van der Waals surface area contributed by atoms with Crippen LogP contribution in [0, 0.1) is 0 Å². The van der Waals surface area contributed by atoms with E-state index in [1.165, 1.54) is 11.3 Å². The van der Waals surface area contributed by atoms with E-state index in [1.807, 2.05) is 5.38 Å². The van der Waals surface area contributed by atoms with Gasteiger partial charge in [0.1, 0.15) is 11.4 Å². The van der Waals surface area contributed by atoms with Crippen LogP contribution in [0.4, 0.5) is 4.79 Å². The third-order valence-corrected chi connectivity index (χ3v) is 3.69. The summed E-state index contributed by atoms with van der Waals surface area (Å²) in [6.07, 6.45) is 1.81. The summed E-state index contributed by atoms with van der Waals surface area (Å²) in [6.45, 7) is 6.29. The predicted molar refractivity (Wildman–Crippen MR) is 99.8 cm³/mol. The molecule has 0 unspecified atom stereocenters. The summed E-state index contributed by atoms with van der Waals surface area (Å²) < 4.78 is 10.7. The Kier molecular flexibility index (Phi) is 6.97. The molecule has 2 rings (SSSR count). The zero-order chi connectivity index (χ0) is 19.0. The maximum Gasteiger partial charge on any atom is 0.407 e. The van der Waals surface area contributed by atoms with Gasteiger partial charge in [-0.15, -0.1) is 0 Å². The lowest BCUT2D eigenvalue weighted by molar-refractivity contribution is 0.0527. The quantitative estimate of drug-likeness (QED) is 0.720. The van der Waals surface area contributed by atoms with E-state index in [0.29, 0.717) is 36.0 Å². The van der Waals surface area contributed by atoms with Crippen molar-refractivity contribution in [2.45, 2.75) is 32.8 Å². The Labute approximate surface area is 156 Å². The first-order chi connectivity index (χ1) is 12.3. The number of hydrogen-bond donors (Lipinski definition) is 2. The molecule has 0 saturated heterocycles. The van der Waals surface area contributed by atoms with Gasteiger partial charge in [0, 0.05) is 30.2 Å². The van der Waals surface area contributed by atoms with Gasteiger partial charge in [-0.1, -0.05) is 11.3 Å². The van der Waals surface area contributed by atoms with E-state index >= 15 is 0 Å². The second-order valence-electron chi connectivity index (χ2n) is 6.46. The summed E-state index contributed by atoms with van der Waals surface area (Å²) in [4.78, 5) is 27.6. The van der Waals surface area contributed by atoms with Crippen LogP contribution in [0.2, 0.25) is 0 Å². The third-order valence-electron chi connectivity index (χ3n) is 3.04. The normalized spacial score (nSPS) is 10.9. The van der Waals surface area contributed by atoms with Gasteiger partial charge in [-0.2, -0.15) is 0 Å². The summed E-state index contributed by atoms with van der Waals surface area (Å²) in [6, 6.07) is 6.83. The molecule has 0 aliphatic heterocycles. The minimum atomic E-state index is -0.520. The molecule has 7 nitrogen and oxygen atoms in total. The summed E-state index contributed by atoms with van der Waals surface area (Å²) in [5.74, 6) is 0.445. The summed E-state index contributed by atoms with van der Waals surface area (Å²) in [7, 11) is 0. The van der Waals surface area contributed by atoms with E-state index in [9.17, 15) is 9.59 Å². The number of ether oxygens (including phenoxy) is 2. The minimum absolute atomic E-state index is 0.178. The van der Waals surface area contributed by atoms with Crippen LogP contribution in [0.5, 0.6) is 10.9 Å². The van der Waals surface area contributed by atoms with E-state index in [2.05, 4.69) is 15.6 Å². The molecule has 140 valence electrons. The second-order valence-corrected chi connectivity index (χ2v) is 7.32. The first kappa shape index (κ1) is 19.7. The molecule has 1 heterocycles. The van der Waals surface area contributed by atoms with Crippen LogP contribution in [0.1, 0.15) is 37.6 Å². The van der Waals surface area contributed by atoms with E-state index in [4.69, 9.17) is 9.47 Å². The fraction of sp³-hybridized carbons (Fsp3) is 0.389. The molecular weight excluding hydrogens is 354 g/mol. The summed E-state index contributed by atoms with van der Waals surface area (Å²) in [5.41, 5.74) is 0.0184. The number of carbonyl (C=O) groups is 2. The number of alkyl carbamates (subject to hydrolysis) is 1. The number of nitrogens with zero attached hydrogens (tertiary/aromatic N) is 1. The summed E-state index contributed by atoms with van der Waals surface area (Å²) in [5, 5.41) is 7.83. The Morgan fingerprint density at radius 1 is 1.12 bits per heavy atom. The van der Waals surface area contributed by atoms with Crippen molar-refractivity contribution in [3.05, 3.63) is 41.4 Å². The standard InChI is InChI=1S/C18H23N3O4S/c1-18(2,3)25-16(23)20-10-4-9-19-15(22)13-5-7-14(8-6-13)24-17-21-11-12-26-17/h5-8,11-12H,4,9-10H2,1-3H3,(H,19,22)(H,20,23). The van der Waals surface area contributed by atoms with Gasteiger partial charge in [0.2, 0.25) is 0 Å². The Balaban J connectivity index is 1.67. The Bertz CT molecular complexity index is 709. The topological polar surface area (TPSA) is 89.6 Å². The van der Waals surface area contributed by atoms with Gasteiger partial charge in [0.15, 0.2) is 0 Å². The molecule has 26 heavy (non-hydrogen) atoms. The van der Waals surface area contributed by atoms with Crippen molar-refractivity contribution in [3.63, 3.8) is 0 Å². The molecule has 1 aromatic carbocycles. The molecule has 0 fully saturated rings. The van der Waals surface area contributed by atoms with Crippen LogP contribution in [0.3, 0.4) is 0 Å². The molecule has 0 saturated carbocycles. The van der Waals surface area contributed by atoms with Crippen LogP contribution in [-0.4, -0.2) is 35.7 Å². The zero-order valence-corrected chi connectivity index (χ0v) is 15.9. The average molecular weight is 377 g/mol. The molecule has 0 aliphatic carbocycles. The fourth-order valence-corrected chi connectivity index (χ4v) is 2.44. The highest BCUT2D eigenvalue weighted by molar-refractivity contribution is 7.11. The number of benzene rings is 1. The highest BCUT2D eigenvalue weighted by atomic mass is 32.1. The molecular formula is C18H23N3O4S. The first-order valence-corrected chi connectivity index (χ1v) is 9.14. The highest BCUT2D eigenvalue weighted by Gasteiger charge is 2.15. The maximum absolute atomic E-state index is 12.1. The van der Waals surface area contributed by atoms with Gasteiger partial charge >= 0.3 is 6.09 Å². The number of carbonyl (C=O) groups excluding carboxylic acids is 2. The Morgan fingerprint density at radius 3 is 2.42 bits per heavy atom. The molecule has 0 bridgehead atoms. The average Bonchev–Trinajstić information content (AvgIpc) is 3.06. The second kappa shape index (κ2) is 9.19. The summed E-state index contributed by atoms with van der Waals surface area (Å²) >= 11 is 1.40. The molecule has 1 aromatic heterocycles. The van der Waals surface area contributed by atoms with Crippen LogP contribution in [0.15, 0.2) is 35.8 Å². The van der Waals surface area contributed by atoms with Crippen LogP contribution >= 0.6 is 11.3 Å². The van der Waals surface area contributed by atoms with Crippen molar-refractivity contribution in [2.24, 2.45) is 0 Å². The van der Waals surface area contributed by atoms with Gasteiger partial charge in [0.25, 0.3) is 11.1 Å². The van der Waals surface area contributed by atoms with Gasteiger partial charge < -0.3 is 20.1 Å². The largest absolute Gasteiger partial charge is 0.444 e. The van der Waals surface area contributed by atoms with E-state index < -0.39 is 11.7 Å². The number of aromatic nitrogens is 1. The SMILES string of the molecule is CC(C)(C)OC(=O)NCCCNC(=O)c1ccc(Oc2nccs2)cc1. The van der Waals surface area contributed by atoms with Gasteiger partial charge in [0.05, 0.1) is 0 Å². The monoisotopic (exact) mass is 377 g/mol. The van der Waals surface area contributed by atoms with Gasteiger partial charge in [-0.05, 0) is 51.5 Å². The molecule has 0 radical (unpaired) electrons. The smallest absolute Gasteiger partial charge is 0.407 e. The molecule has 2 N–H and O–H groups in total. The number of hydrogen-bond acceptors (Lipinski definition) is 6.